The highest BCUT2D eigenvalue weighted by molar-refractivity contribution is 5.81. The number of hydrogen-bond acceptors (Lipinski definition) is 6. The van der Waals surface area contributed by atoms with Crippen LogP contribution in [-0.4, -0.2) is 61.3 Å². The summed E-state index contributed by atoms with van der Waals surface area (Å²) in [6.07, 6.45) is 3.84. The lowest BCUT2D eigenvalue weighted by molar-refractivity contribution is -0.156. The standard InChI is InChI=1S/C31H42N4O5/c1-19(2)40-31(39)26(21(4)36)11-9-23-10-12-28-27(15-23)32-29(25-14-20(3)30(38)33(6)18-25)35(28)17-24-8-7-13-34(16-24)22(5)37/h10,12,14-15,18-19,21,24,26,36H,7-9,11,13,16-17H2,1-6H3/t21-,24-,26+/m1/s1. The SMILES string of the molecule is CC(=O)N1CCC[C@@H](Cn2c(-c3cc(C)c(=O)n(C)c3)nc3cc(CC[C@H](C(=O)OC(C)C)[C@@H](C)O)ccc32)C1. The second kappa shape index (κ2) is 12.4. The molecule has 3 heterocycles. The summed E-state index contributed by atoms with van der Waals surface area (Å²) in [5.41, 5.74) is 4.30. The van der Waals surface area contributed by atoms with Crippen molar-refractivity contribution in [3.8, 4) is 11.4 Å². The zero-order valence-electron chi connectivity index (χ0n) is 24.5. The van der Waals surface area contributed by atoms with Crippen LogP contribution in [0.15, 0.2) is 35.3 Å². The molecule has 1 N–H and O–H groups in total. The number of aryl methyl sites for hydroxylation is 3. The van der Waals surface area contributed by atoms with Crippen LogP contribution in [0.25, 0.3) is 22.4 Å². The van der Waals surface area contributed by atoms with Crippen LogP contribution < -0.4 is 5.56 Å². The van der Waals surface area contributed by atoms with E-state index in [1.54, 1.807) is 39.3 Å². The number of imidazole rings is 1. The minimum Gasteiger partial charge on any atom is -0.463 e. The van der Waals surface area contributed by atoms with E-state index in [0.717, 1.165) is 47.4 Å². The minimum absolute atomic E-state index is 0.0401. The number of esters is 1. The molecule has 1 aliphatic rings. The highest BCUT2D eigenvalue weighted by atomic mass is 16.5. The number of nitrogens with zero attached hydrogens (tertiary/aromatic N) is 4. The molecular formula is C31H42N4O5. The highest BCUT2D eigenvalue weighted by Crippen LogP contribution is 2.29. The molecular weight excluding hydrogens is 508 g/mol. The van der Waals surface area contributed by atoms with E-state index in [1.165, 1.54) is 0 Å². The number of amides is 1. The van der Waals surface area contributed by atoms with Gasteiger partial charge in [-0.1, -0.05) is 6.07 Å². The predicted octanol–water partition coefficient (Wildman–Crippen LogP) is 3.85. The highest BCUT2D eigenvalue weighted by Gasteiger charge is 2.27. The maximum atomic E-state index is 12.5. The lowest BCUT2D eigenvalue weighted by Gasteiger charge is -2.32. The quantitative estimate of drug-likeness (QED) is 0.406. The molecule has 0 unspecified atom stereocenters. The summed E-state index contributed by atoms with van der Waals surface area (Å²) >= 11 is 0. The Morgan fingerprint density at radius 3 is 2.60 bits per heavy atom. The summed E-state index contributed by atoms with van der Waals surface area (Å²) in [5.74, 6) is 0.200. The molecule has 216 valence electrons. The second-order valence-electron chi connectivity index (χ2n) is 11.5. The summed E-state index contributed by atoms with van der Waals surface area (Å²) in [7, 11) is 1.75. The third kappa shape index (κ3) is 6.63. The van der Waals surface area contributed by atoms with Crippen molar-refractivity contribution in [2.45, 2.75) is 79.1 Å². The van der Waals surface area contributed by atoms with E-state index in [-0.39, 0.29) is 23.5 Å². The minimum atomic E-state index is -0.807. The van der Waals surface area contributed by atoms with E-state index < -0.39 is 12.0 Å². The molecule has 3 aromatic rings. The van der Waals surface area contributed by atoms with Gasteiger partial charge in [0.2, 0.25) is 5.91 Å². The van der Waals surface area contributed by atoms with E-state index in [2.05, 4.69) is 10.6 Å². The predicted molar refractivity (Wildman–Crippen MR) is 155 cm³/mol. The molecule has 1 aromatic carbocycles. The smallest absolute Gasteiger partial charge is 0.311 e. The second-order valence-corrected chi connectivity index (χ2v) is 11.5. The van der Waals surface area contributed by atoms with E-state index in [9.17, 15) is 19.5 Å². The van der Waals surface area contributed by atoms with Gasteiger partial charge in [-0.3, -0.25) is 14.4 Å². The summed E-state index contributed by atoms with van der Waals surface area (Å²) < 4.78 is 9.16. The van der Waals surface area contributed by atoms with Gasteiger partial charge in [0, 0.05) is 50.9 Å². The number of carbonyl (C=O) groups excluding carboxylic acids is 2. The Kier molecular flexibility index (Phi) is 9.13. The van der Waals surface area contributed by atoms with Crippen molar-refractivity contribution in [2.24, 2.45) is 18.9 Å². The van der Waals surface area contributed by atoms with Gasteiger partial charge in [0.15, 0.2) is 0 Å². The van der Waals surface area contributed by atoms with Gasteiger partial charge in [-0.2, -0.15) is 0 Å². The van der Waals surface area contributed by atoms with Gasteiger partial charge >= 0.3 is 5.97 Å². The number of aromatic nitrogens is 3. The number of aliphatic hydroxyl groups is 1. The van der Waals surface area contributed by atoms with Gasteiger partial charge < -0.3 is 23.9 Å². The van der Waals surface area contributed by atoms with Crippen LogP contribution in [0.4, 0.5) is 0 Å². The van der Waals surface area contributed by atoms with Crippen molar-refractivity contribution in [1.82, 2.24) is 19.0 Å². The van der Waals surface area contributed by atoms with E-state index in [1.807, 2.05) is 36.2 Å². The van der Waals surface area contributed by atoms with Gasteiger partial charge in [-0.15, -0.1) is 0 Å². The molecule has 9 nitrogen and oxygen atoms in total. The Morgan fingerprint density at radius 1 is 1.20 bits per heavy atom. The normalized spacial score (nSPS) is 17.3. The summed E-state index contributed by atoms with van der Waals surface area (Å²) in [4.78, 5) is 43.9. The van der Waals surface area contributed by atoms with Gasteiger partial charge in [0.25, 0.3) is 5.56 Å². The van der Waals surface area contributed by atoms with Crippen molar-refractivity contribution < 1.29 is 19.4 Å². The van der Waals surface area contributed by atoms with Crippen LogP contribution in [0, 0.1) is 18.8 Å². The summed E-state index contributed by atoms with van der Waals surface area (Å²) in [6.45, 7) is 10.9. The Hall–Kier alpha value is -3.46. The number of fused-ring (bicyclic) bond motifs is 1. The monoisotopic (exact) mass is 550 g/mol. The van der Waals surface area contributed by atoms with Crippen LogP contribution >= 0.6 is 0 Å². The number of likely N-dealkylation sites (tertiary alicyclic amines) is 1. The van der Waals surface area contributed by atoms with Crippen LogP contribution in [0.1, 0.15) is 58.1 Å². The fourth-order valence-electron chi connectivity index (χ4n) is 5.69. The fraction of sp³-hybridized carbons (Fsp3) is 0.548. The largest absolute Gasteiger partial charge is 0.463 e. The molecule has 0 spiro atoms. The number of pyridine rings is 1. The van der Waals surface area contributed by atoms with Crippen molar-refractivity contribution in [3.63, 3.8) is 0 Å². The lowest BCUT2D eigenvalue weighted by Crippen LogP contribution is -2.39. The molecule has 40 heavy (non-hydrogen) atoms. The summed E-state index contributed by atoms with van der Waals surface area (Å²) in [5, 5.41) is 10.2. The van der Waals surface area contributed by atoms with E-state index in [4.69, 9.17) is 9.72 Å². The number of piperidine rings is 1. The molecule has 0 bridgehead atoms. The number of hydrogen-bond donors (Lipinski definition) is 1. The van der Waals surface area contributed by atoms with Crippen LogP contribution in [0.2, 0.25) is 0 Å². The number of carbonyl (C=O) groups is 2. The Balaban J connectivity index is 1.68. The van der Waals surface area contributed by atoms with Gasteiger partial charge in [-0.25, -0.2) is 4.98 Å². The zero-order valence-corrected chi connectivity index (χ0v) is 24.5. The molecule has 1 aliphatic heterocycles. The molecule has 1 amide bonds. The first-order valence-corrected chi connectivity index (χ1v) is 14.3. The maximum Gasteiger partial charge on any atom is 0.311 e. The number of ether oxygens (including phenoxy) is 1. The molecule has 4 rings (SSSR count). The number of benzene rings is 1. The molecule has 9 heteroatoms. The van der Waals surface area contributed by atoms with Crippen molar-refractivity contribution in [1.29, 1.82) is 0 Å². The Bertz CT molecular complexity index is 1410. The first-order valence-electron chi connectivity index (χ1n) is 14.3. The number of aliphatic hydroxyl groups excluding tert-OH is 1. The van der Waals surface area contributed by atoms with Crippen LogP contribution in [0.5, 0.6) is 0 Å². The average molecular weight is 551 g/mol. The molecule has 1 saturated heterocycles. The molecule has 2 aromatic heterocycles. The van der Waals surface area contributed by atoms with Crippen molar-refractivity contribution in [3.05, 3.63) is 51.9 Å². The molecule has 0 saturated carbocycles. The Morgan fingerprint density at radius 2 is 1.95 bits per heavy atom. The topological polar surface area (TPSA) is 107 Å². The first kappa shape index (κ1) is 29.5. The average Bonchev–Trinajstić information content (AvgIpc) is 3.24. The third-order valence-electron chi connectivity index (χ3n) is 7.82. The lowest BCUT2D eigenvalue weighted by atomic mass is 9.95. The number of rotatable bonds is 9. The van der Waals surface area contributed by atoms with E-state index >= 15 is 0 Å². The zero-order chi connectivity index (χ0) is 29.1. The van der Waals surface area contributed by atoms with Crippen LogP contribution in [0.3, 0.4) is 0 Å². The van der Waals surface area contributed by atoms with Crippen molar-refractivity contribution >= 4 is 22.9 Å². The first-order chi connectivity index (χ1) is 18.9. The summed E-state index contributed by atoms with van der Waals surface area (Å²) in [6, 6.07) is 8.04. The van der Waals surface area contributed by atoms with E-state index in [0.29, 0.717) is 37.4 Å². The van der Waals surface area contributed by atoms with Crippen molar-refractivity contribution in [2.75, 3.05) is 13.1 Å². The maximum absolute atomic E-state index is 12.5. The molecule has 3 atom stereocenters. The Labute approximate surface area is 235 Å². The van der Waals surface area contributed by atoms with Crippen LogP contribution in [-0.2, 0) is 34.3 Å². The van der Waals surface area contributed by atoms with Gasteiger partial charge in [-0.05, 0) is 83.1 Å². The fourth-order valence-corrected chi connectivity index (χ4v) is 5.69. The van der Waals surface area contributed by atoms with Gasteiger partial charge in [0.1, 0.15) is 5.82 Å². The molecule has 0 aliphatic carbocycles. The third-order valence-corrected chi connectivity index (χ3v) is 7.82. The van der Waals surface area contributed by atoms with Gasteiger partial charge in [0.05, 0.1) is 29.2 Å². The molecule has 0 radical (unpaired) electrons. The molecule has 1 fully saturated rings.